The van der Waals surface area contributed by atoms with Crippen molar-refractivity contribution in [2.45, 2.75) is 32.6 Å². The second kappa shape index (κ2) is 13.6. The van der Waals surface area contributed by atoms with E-state index < -0.39 is 0 Å². The number of unbranched alkanes of at least 4 members (excludes halogenated alkanes) is 3. The van der Waals surface area contributed by atoms with Gasteiger partial charge in [-0.1, -0.05) is 31.4 Å². The van der Waals surface area contributed by atoms with Gasteiger partial charge in [0.15, 0.2) is 0 Å². The van der Waals surface area contributed by atoms with Crippen LogP contribution in [-0.4, -0.2) is 12.8 Å². The van der Waals surface area contributed by atoms with Gasteiger partial charge in [-0.3, -0.25) is 0 Å². The minimum atomic E-state index is 0. The van der Waals surface area contributed by atoms with Crippen LogP contribution >= 0.6 is 11.6 Å². The third-order valence-corrected chi connectivity index (χ3v) is 1.54. The maximum Gasteiger partial charge on any atom is 0.229 e. The van der Waals surface area contributed by atoms with E-state index in [0.29, 0.717) is 0 Å². The summed E-state index contributed by atoms with van der Waals surface area (Å²) in [5, 5.41) is 0. The SMILES string of the molecule is CCCCCC=[N+]CC=CCl.[Cl-]. The summed E-state index contributed by atoms with van der Waals surface area (Å²) in [6, 6.07) is 0. The summed E-state index contributed by atoms with van der Waals surface area (Å²) < 4.78 is 0. The van der Waals surface area contributed by atoms with Crippen LogP contribution in [0.1, 0.15) is 32.6 Å². The first-order valence-electron chi connectivity index (χ1n) is 4.15. The summed E-state index contributed by atoms with van der Waals surface area (Å²) in [6.45, 7) is 2.92. The zero-order chi connectivity index (χ0) is 8.36. The van der Waals surface area contributed by atoms with E-state index in [4.69, 9.17) is 11.6 Å². The standard InChI is InChI=1S/C9H16ClN.ClH/c1-2-3-4-5-8-11-9-6-7-10;/h6-8H,2-5,9H2,1H3;1H/q+1;/p-1. The van der Waals surface area contributed by atoms with Gasteiger partial charge in [0, 0.05) is 16.9 Å². The van der Waals surface area contributed by atoms with Gasteiger partial charge in [-0.15, -0.1) is 0 Å². The minimum absolute atomic E-state index is 0. The maximum atomic E-state index is 5.31. The van der Waals surface area contributed by atoms with Crippen LogP contribution in [0.15, 0.2) is 11.6 Å². The Bertz CT molecular complexity index is 122. The number of nitrogens with zero attached hydrogens (tertiary/aromatic N) is 1. The van der Waals surface area contributed by atoms with Crippen molar-refractivity contribution < 1.29 is 12.4 Å². The lowest BCUT2D eigenvalue weighted by Gasteiger charge is -1.85. The van der Waals surface area contributed by atoms with Crippen molar-refractivity contribution in [1.29, 1.82) is 0 Å². The van der Waals surface area contributed by atoms with E-state index in [-0.39, 0.29) is 12.4 Å². The van der Waals surface area contributed by atoms with Crippen molar-refractivity contribution in [2.75, 3.05) is 6.54 Å². The van der Waals surface area contributed by atoms with E-state index >= 15 is 0 Å². The second-order valence-corrected chi connectivity index (χ2v) is 2.66. The van der Waals surface area contributed by atoms with Gasteiger partial charge < -0.3 is 12.4 Å². The van der Waals surface area contributed by atoms with E-state index in [1.165, 1.54) is 24.8 Å². The van der Waals surface area contributed by atoms with Gasteiger partial charge in [0.05, 0.1) is 0 Å². The molecule has 0 fully saturated rings. The van der Waals surface area contributed by atoms with E-state index in [2.05, 4.69) is 11.9 Å². The van der Waals surface area contributed by atoms with Crippen LogP contribution in [-0.2, 0) is 0 Å². The molecule has 0 aliphatic rings. The Morgan fingerprint density at radius 1 is 1.33 bits per heavy atom. The highest BCUT2D eigenvalue weighted by atomic mass is 35.5. The normalized spacial score (nSPS) is 10.8. The number of hydrogen-bond acceptors (Lipinski definition) is 1. The lowest BCUT2D eigenvalue weighted by atomic mass is 10.2. The average Bonchev–Trinajstić information content (AvgIpc) is 2.03. The Kier molecular flexibility index (Phi) is 16.4. The summed E-state index contributed by atoms with van der Waals surface area (Å²) >= 11 is 5.31. The van der Waals surface area contributed by atoms with Gasteiger partial charge in [-0.25, -0.2) is 0 Å². The molecule has 0 heterocycles. The maximum absolute atomic E-state index is 5.31. The van der Waals surface area contributed by atoms with Crippen LogP contribution in [0.4, 0.5) is 0 Å². The third-order valence-electron chi connectivity index (χ3n) is 1.37. The number of halogens is 2. The fourth-order valence-electron chi connectivity index (χ4n) is 0.752. The van der Waals surface area contributed by atoms with Crippen LogP contribution in [0.2, 0.25) is 0 Å². The lowest BCUT2D eigenvalue weighted by molar-refractivity contribution is -0.00000238. The average molecular weight is 209 g/mol. The molecule has 0 amide bonds. The zero-order valence-electron chi connectivity index (χ0n) is 7.47. The molecule has 0 aliphatic carbocycles. The van der Waals surface area contributed by atoms with Crippen molar-refractivity contribution in [2.24, 2.45) is 0 Å². The third kappa shape index (κ3) is 12.6. The molecule has 0 atom stereocenters. The molecule has 0 saturated heterocycles. The summed E-state index contributed by atoms with van der Waals surface area (Å²) in [4.78, 5) is 4.14. The Labute approximate surface area is 86.3 Å². The first-order valence-corrected chi connectivity index (χ1v) is 4.59. The molecule has 0 saturated carbocycles. The molecule has 0 spiro atoms. The van der Waals surface area contributed by atoms with Crippen LogP contribution in [0, 0.1) is 0 Å². The van der Waals surface area contributed by atoms with Gasteiger partial charge in [-0.05, 0) is 12.5 Å². The molecule has 0 aromatic heterocycles. The monoisotopic (exact) mass is 208 g/mol. The van der Waals surface area contributed by atoms with Gasteiger partial charge >= 0.3 is 0 Å². The van der Waals surface area contributed by atoms with Gasteiger partial charge in [0.25, 0.3) is 0 Å². The summed E-state index contributed by atoms with van der Waals surface area (Å²) in [5.74, 6) is 0. The molecule has 0 N–H and O–H groups in total. The highest BCUT2D eigenvalue weighted by molar-refractivity contribution is 6.25. The smallest absolute Gasteiger partial charge is 0.229 e. The Balaban J connectivity index is 0. The molecule has 0 aromatic carbocycles. The summed E-state index contributed by atoms with van der Waals surface area (Å²) in [7, 11) is 0. The fourth-order valence-corrected chi connectivity index (χ4v) is 0.832. The molecule has 1 nitrogen and oxygen atoms in total. The van der Waals surface area contributed by atoms with Crippen molar-refractivity contribution in [3.63, 3.8) is 0 Å². The number of aliphatic imine (C=N–C) groups is 1. The molecule has 12 heavy (non-hydrogen) atoms. The highest BCUT2D eigenvalue weighted by Gasteiger charge is 1.88. The molecule has 3 heteroatoms. The zero-order valence-corrected chi connectivity index (χ0v) is 8.98. The van der Waals surface area contributed by atoms with E-state index in [1.54, 1.807) is 0 Å². The van der Waals surface area contributed by atoms with E-state index in [0.717, 1.165) is 13.0 Å². The largest absolute Gasteiger partial charge is 1.00 e. The second-order valence-electron chi connectivity index (χ2n) is 2.41. The van der Waals surface area contributed by atoms with Crippen molar-refractivity contribution >= 4 is 17.8 Å². The molecule has 0 unspecified atom stereocenters. The van der Waals surface area contributed by atoms with Crippen molar-refractivity contribution in [3.05, 3.63) is 11.6 Å². The van der Waals surface area contributed by atoms with Crippen LogP contribution in [0.5, 0.6) is 0 Å². The summed E-state index contributed by atoms with van der Waals surface area (Å²) in [5.41, 5.74) is 1.50. The van der Waals surface area contributed by atoms with E-state index in [9.17, 15) is 0 Å². The Morgan fingerprint density at radius 3 is 2.67 bits per heavy atom. The van der Waals surface area contributed by atoms with Gasteiger partial charge in [0.2, 0.25) is 12.8 Å². The number of hydrogen-bond donors (Lipinski definition) is 0. The molecule has 0 rings (SSSR count). The van der Waals surface area contributed by atoms with Crippen molar-refractivity contribution in [3.8, 4) is 0 Å². The number of rotatable bonds is 6. The fraction of sp³-hybridized carbons (Fsp3) is 0.667. The van der Waals surface area contributed by atoms with Crippen LogP contribution < -0.4 is 17.4 Å². The Morgan fingerprint density at radius 2 is 2.08 bits per heavy atom. The summed E-state index contributed by atoms with van der Waals surface area (Å²) in [6.07, 6.45) is 8.74. The van der Waals surface area contributed by atoms with E-state index in [1.807, 2.05) is 12.3 Å². The van der Waals surface area contributed by atoms with Gasteiger partial charge in [0.1, 0.15) is 0 Å². The highest BCUT2D eigenvalue weighted by Crippen LogP contribution is 1.94. The first kappa shape index (κ1) is 14.5. The lowest BCUT2D eigenvalue weighted by Crippen LogP contribution is -3.00. The molecular formula is C9H16Cl2N. The predicted molar refractivity (Wildman–Crippen MR) is 52.2 cm³/mol. The first-order chi connectivity index (χ1) is 5.41. The molecule has 0 bridgehead atoms. The quantitative estimate of drug-likeness (QED) is 0.422. The topological polar surface area (TPSA) is 14.1 Å². The minimum Gasteiger partial charge on any atom is -1.00 e. The molecule has 0 aliphatic heterocycles. The van der Waals surface area contributed by atoms with Crippen LogP contribution in [0.25, 0.3) is 0 Å². The van der Waals surface area contributed by atoms with Crippen molar-refractivity contribution in [1.82, 2.24) is 4.99 Å². The Hall–Kier alpha value is -0.0100. The molecular weight excluding hydrogens is 193 g/mol. The molecule has 1 radical (unpaired) electrons. The van der Waals surface area contributed by atoms with Crippen LogP contribution in [0.3, 0.4) is 0 Å². The molecule has 0 aromatic rings. The predicted octanol–water partition coefficient (Wildman–Crippen LogP) is -0.270. The molecule has 71 valence electrons. The van der Waals surface area contributed by atoms with Gasteiger partial charge in [-0.2, -0.15) is 0 Å².